The molecule has 40 heavy (non-hydrogen) atoms. The van der Waals surface area contributed by atoms with Crippen molar-refractivity contribution in [1.82, 2.24) is 0 Å². The fourth-order valence-corrected chi connectivity index (χ4v) is 5.45. The lowest BCUT2D eigenvalue weighted by molar-refractivity contribution is -0.117. The van der Waals surface area contributed by atoms with Crippen molar-refractivity contribution >= 4 is 23.2 Å². The molecule has 5 aromatic carbocycles. The number of hydrogen-bond donors (Lipinski definition) is 2. The van der Waals surface area contributed by atoms with Crippen LogP contribution in [0.1, 0.15) is 34.1 Å². The average Bonchev–Trinajstić information content (AvgIpc) is 2.99. The molecule has 7 rings (SSSR count). The highest BCUT2D eigenvalue weighted by Gasteiger charge is 2.33. The molecule has 6 heteroatoms. The zero-order chi connectivity index (χ0) is 27.1. The molecule has 0 aliphatic carbocycles. The first-order valence-electron chi connectivity index (χ1n) is 13.1. The van der Waals surface area contributed by atoms with E-state index < -0.39 is 11.8 Å². The maximum Gasteiger partial charge on any atom is 0.236 e. The Kier molecular flexibility index (Phi) is 5.78. The molecule has 2 amide bonds. The van der Waals surface area contributed by atoms with Gasteiger partial charge < -0.3 is 20.1 Å². The maximum absolute atomic E-state index is 13.5. The molecular formula is C34H24N2O4. The van der Waals surface area contributed by atoms with Crippen LogP contribution in [0, 0.1) is 0 Å². The number of hydrogen-bond acceptors (Lipinski definition) is 4. The van der Waals surface area contributed by atoms with Crippen LogP contribution in [0.4, 0.5) is 11.4 Å². The fraction of sp³-hybridized carbons (Fsp3) is 0.0588. The van der Waals surface area contributed by atoms with Crippen LogP contribution >= 0.6 is 0 Å². The molecule has 2 aliphatic heterocycles. The number of anilines is 2. The second-order valence-electron chi connectivity index (χ2n) is 9.78. The first kappa shape index (κ1) is 23.7. The van der Waals surface area contributed by atoms with Crippen LogP contribution in [0.2, 0.25) is 0 Å². The number of benzene rings is 5. The lowest BCUT2D eigenvalue weighted by Gasteiger charge is -2.27. The number of para-hydroxylation sites is 4. The van der Waals surface area contributed by atoms with E-state index in [0.29, 0.717) is 34.4 Å². The summed E-state index contributed by atoms with van der Waals surface area (Å²) < 4.78 is 12.1. The number of amides is 2. The van der Waals surface area contributed by atoms with Crippen LogP contribution in [0.15, 0.2) is 121 Å². The summed E-state index contributed by atoms with van der Waals surface area (Å²) in [5.41, 5.74) is 4.54. The zero-order valence-electron chi connectivity index (χ0n) is 21.3. The monoisotopic (exact) mass is 524 g/mol. The average molecular weight is 525 g/mol. The summed E-state index contributed by atoms with van der Waals surface area (Å²) in [6, 6.07) is 37.5. The molecule has 0 unspecified atom stereocenters. The number of fused-ring (bicyclic) bond motifs is 4. The van der Waals surface area contributed by atoms with E-state index in [1.807, 2.05) is 97.1 Å². The summed E-state index contributed by atoms with van der Waals surface area (Å²) in [6.45, 7) is 0. The van der Waals surface area contributed by atoms with Gasteiger partial charge in [0.1, 0.15) is 23.0 Å². The number of carbonyl (C=O) groups is 2. The summed E-state index contributed by atoms with van der Waals surface area (Å²) in [7, 11) is 0. The molecule has 0 bridgehead atoms. The standard InChI is InChI=1S/C34H24N2O4/c37-33(31-23-9-1-5-13-27(23)39-28-14-6-2-10-24(28)31)35-21-17-19-22(20-18-21)36-34(38)32-25-11-3-7-15-29(25)40-30-16-8-4-12-26(30)32/h1-20,31-32H,(H,35,37)(H,36,38). The molecule has 0 radical (unpaired) electrons. The second-order valence-corrected chi connectivity index (χ2v) is 9.78. The summed E-state index contributed by atoms with van der Waals surface area (Å²) >= 11 is 0. The van der Waals surface area contributed by atoms with Gasteiger partial charge in [-0.25, -0.2) is 0 Å². The van der Waals surface area contributed by atoms with Crippen LogP contribution in [-0.2, 0) is 9.59 Å². The number of carbonyl (C=O) groups excluding carboxylic acids is 2. The van der Waals surface area contributed by atoms with Gasteiger partial charge in [-0.15, -0.1) is 0 Å². The second kappa shape index (κ2) is 9.75. The maximum atomic E-state index is 13.5. The lowest BCUT2D eigenvalue weighted by Crippen LogP contribution is -2.25. The zero-order valence-corrected chi connectivity index (χ0v) is 21.3. The third-order valence-corrected chi connectivity index (χ3v) is 7.30. The first-order chi connectivity index (χ1) is 19.7. The minimum atomic E-state index is -0.505. The minimum absolute atomic E-state index is 0.157. The van der Waals surface area contributed by atoms with E-state index in [4.69, 9.17) is 9.47 Å². The Hall–Kier alpha value is -5.36. The smallest absolute Gasteiger partial charge is 0.236 e. The number of nitrogens with one attached hydrogen (secondary N) is 2. The van der Waals surface area contributed by atoms with E-state index in [0.717, 1.165) is 22.3 Å². The van der Waals surface area contributed by atoms with Gasteiger partial charge in [0.05, 0.1) is 11.8 Å². The summed E-state index contributed by atoms with van der Waals surface area (Å²) in [5.74, 6) is 1.38. The van der Waals surface area contributed by atoms with Crippen LogP contribution in [0.3, 0.4) is 0 Å². The number of rotatable bonds is 4. The van der Waals surface area contributed by atoms with Crippen LogP contribution in [0.25, 0.3) is 0 Å². The first-order valence-corrected chi connectivity index (χ1v) is 13.1. The van der Waals surface area contributed by atoms with Gasteiger partial charge in [0.2, 0.25) is 11.8 Å². The summed E-state index contributed by atoms with van der Waals surface area (Å²) in [6.07, 6.45) is 0. The third-order valence-electron chi connectivity index (χ3n) is 7.30. The van der Waals surface area contributed by atoms with E-state index >= 15 is 0 Å². The van der Waals surface area contributed by atoms with Gasteiger partial charge in [0, 0.05) is 33.6 Å². The lowest BCUT2D eigenvalue weighted by atomic mass is 9.87. The van der Waals surface area contributed by atoms with Crippen molar-refractivity contribution in [2.75, 3.05) is 10.6 Å². The molecule has 0 aromatic heterocycles. The van der Waals surface area contributed by atoms with Gasteiger partial charge in [0.15, 0.2) is 0 Å². The molecule has 0 spiro atoms. The molecular weight excluding hydrogens is 500 g/mol. The van der Waals surface area contributed by atoms with E-state index in [9.17, 15) is 9.59 Å². The van der Waals surface area contributed by atoms with E-state index in [2.05, 4.69) is 10.6 Å². The molecule has 0 saturated heterocycles. The third kappa shape index (κ3) is 4.16. The van der Waals surface area contributed by atoms with Crippen molar-refractivity contribution in [3.05, 3.63) is 144 Å². The minimum Gasteiger partial charge on any atom is -0.457 e. The van der Waals surface area contributed by atoms with Crippen LogP contribution in [-0.4, -0.2) is 11.8 Å². The SMILES string of the molecule is O=C(Nc1ccc(NC(=O)C2c3ccccc3Oc3ccccc32)cc1)C1c2ccccc2Oc2ccccc21. The Balaban J connectivity index is 1.11. The predicted octanol–water partition coefficient (Wildman–Crippen LogP) is 7.44. The number of ether oxygens (including phenoxy) is 2. The highest BCUT2D eigenvalue weighted by molar-refractivity contribution is 6.01. The largest absolute Gasteiger partial charge is 0.457 e. The van der Waals surface area contributed by atoms with Gasteiger partial charge in [-0.05, 0) is 48.5 Å². The summed E-state index contributed by atoms with van der Waals surface area (Å²) in [5, 5.41) is 6.08. The molecule has 0 saturated carbocycles. The molecule has 0 atom stereocenters. The Morgan fingerprint density at radius 3 is 1.00 bits per heavy atom. The predicted molar refractivity (Wildman–Crippen MR) is 153 cm³/mol. The summed E-state index contributed by atoms with van der Waals surface area (Å²) in [4.78, 5) is 27.1. The Bertz CT molecular complexity index is 1540. The Morgan fingerprint density at radius 2 is 0.700 bits per heavy atom. The fourth-order valence-electron chi connectivity index (χ4n) is 5.45. The van der Waals surface area contributed by atoms with Crippen molar-refractivity contribution in [3.63, 3.8) is 0 Å². The Labute approximate surface area is 231 Å². The van der Waals surface area contributed by atoms with Crippen molar-refractivity contribution < 1.29 is 19.1 Å². The molecule has 0 fully saturated rings. The van der Waals surface area contributed by atoms with Gasteiger partial charge in [-0.2, -0.15) is 0 Å². The molecule has 6 nitrogen and oxygen atoms in total. The van der Waals surface area contributed by atoms with E-state index in [1.54, 1.807) is 24.3 Å². The van der Waals surface area contributed by atoms with Gasteiger partial charge in [-0.3, -0.25) is 9.59 Å². The van der Waals surface area contributed by atoms with Crippen molar-refractivity contribution in [3.8, 4) is 23.0 Å². The topological polar surface area (TPSA) is 76.7 Å². The van der Waals surface area contributed by atoms with Crippen molar-refractivity contribution in [2.24, 2.45) is 0 Å². The van der Waals surface area contributed by atoms with Crippen molar-refractivity contribution in [2.45, 2.75) is 11.8 Å². The molecule has 2 N–H and O–H groups in total. The van der Waals surface area contributed by atoms with Gasteiger partial charge in [-0.1, -0.05) is 72.8 Å². The quantitative estimate of drug-likeness (QED) is 0.256. The van der Waals surface area contributed by atoms with Gasteiger partial charge >= 0.3 is 0 Å². The molecule has 2 heterocycles. The van der Waals surface area contributed by atoms with E-state index in [-0.39, 0.29) is 11.8 Å². The van der Waals surface area contributed by atoms with Crippen LogP contribution < -0.4 is 20.1 Å². The molecule has 2 aliphatic rings. The highest BCUT2D eigenvalue weighted by atomic mass is 16.5. The molecule has 194 valence electrons. The molecule has 5 aromatic rings. The highest BCUT2D eigenvalue weighted by Crippen LogP contribution is 2.45. The van der Waals surface area contributed by atoms with E-state index in [1.165, 1.54) is 0 Å². The normalized spacial score (nSPS) is 13.4. The van der Waals surface area contributed by atoms with Gasteiger partial charge in [0.25, 0.3) is 0 Å². The Morgan fingerprint density at radius 1 is 0.425 bits per heavy atom. The van der Waals surface area contributed by atoms with Crippen LogP contribution in [0.5, 0.6) is 23.0 Å². The van der Waals surface area contributed by atoms with Crippen molar-refractivity contribution in [1.29, 1.82) is 0 Å².